The molecule has 0 spiro atoms. The number of alkyl halides is 1. The molecule has 0 bridgehead atoms. The van der Waals surface area contributed by atoms with Crippen molar-refractivity contribution in [1.82, 2.24) is 49.7 Å². The molecular formula is C28H23FN12O4. The van der Waals surface area contributed by atoms with Gasteiger partial charge in [0.15, 0.2) is 17.2 Å². The van der Waals surface area contributed by atoms with E-state index in [1.54, 1.807) is 60.5 Å². The van der Waals surface area contributed by atoms with E-state index >= 15 is 0 Å². The highest BCUT2D eigenvalue weighted by Gasteiger charge is 2.40. The van der Waals surface area contributed by atoms with Gasteiger partial charge < -0.3 is 20.5 Å². The summed E-state index contributed by atoms with van der Waals surface area (Å²) >= 11 is 0. The summed E-state index contributed by atoms with van der Waals surface area (Å²) in [6.07, 6.45) is 4.63. The molecule has 0 radical (unpaired) electrons. The minimum Gasteiger partial charge on any atom is -0.364 e. The van der Waals surface area contributed by atoms with Crippen molar-refractivity contribution in [2.24, 2.45) is 12.8 Å². The number of benzene rings is 1. The van der Waals surface area contributed by atoms with E-state index in [1.807, 2.05) is 0 Å². The Morgan fingerprint density at radius 1 is 1.07 bits per heavy atom. The molecule has 17 heteroatoms. The van der Waals surface area contributed by atoms with Crippen molar-refractivity contribution in [1.29, 1.82) is 0 Å². The molecule has 7 rings (SSSR count). The van der Waals surface area contributed by atoms with Crippen molar-refractivity contribution in [2.75, 3.05) is 11.9 Å². The third kappa shape index (κ3) is 4.89. The Bertz CT molecular complexity index is 2110. The molecule has 2 unspecified atom stereocenters. The Morgan fingerprint density at radius 2 is 1.93 bits per heavy atom. The van der Waals surface area contributed by atoms with Gasteiger partial charge in [-0.2, -0.15) is 15.3 Å². The molecule has 0 aliphatic carbocycles. The Morgan fingerprint density at radius 3 is 2.71 bits per heavy atom. The molecule has 16 nitrogen and oxygen atoms in total. The van der Waals surface area contributed by atoms with Gasteiger partial charge >= 0.3 is 0 Å². The van der Waals surface area contributed by atoms with Crippen LogP contribution in [0.4, 0.5) is 10.2 Å². The highest BCUT2D eigenvalue weighted by Crippen LogP contribution is 2.30. The maximum Gasteiger partial charge on any atom is 0.269 e. The fraction of sp³-hybridized carbons (Fsp3) is 0.214. The summed E-state index contributed by atoms with van der Waals surface area (Å²) in [5, 5.41) is 22.7. The summed E-state index contributed by atoms with van der Waals surface area (Å²) in [5.74, 6) is -1.73. The molecular weight excluding hydrogens is 587 g/mol. The molecule has 6 aromatic rings. The quantitative estimate of drug-likeness (QED) is 0.265. The van der Waals surface area contributed by atoms with Crippen LogP contribution in [0.5, 0.6) is 0 Å². The number of anilines is 1. The molecule has 45 heavy (non-hydrogen) atoms. The number of imidazole rings is 1. The van der Waals surface area contributed by atoms with E-state index in [1.165, 1.54) is 10.9 Å². The first-order valence-electron chi connectivity index (χ1n) is 13.7. The molecule has 1 aliphatic rings. The van der Waals surface area contributed by atoms with Crippen molar-refractivity contribution in [3.63, 3.8) is 0 Å². The molecule has 226 valence electrons. The van der Waals surface area contributed by atoms with Crippen LogP contribution < -0.4 is 11.1 Å². The number of amides is 3. The predicted molar refractivity (Wildman–Crippen MR) is 155 cm³/mol. The van der Waals surface area contributed by atoms with E-state index in [0.29, 0.717) is 22.2 Å². The lowest BCUT2D eigenvalue weighted by Crippen LogP contribution is -2.44. The van der Waals surface area contributed by atoms with Crippen molar-refractivity contribution in [3.05, 3.63) is 60.8 Å². The number of carbonyl (C=O) groups excluding carboxylic acids is 3. The molecule has 6 heterocycles. The van der Waals surface area contributed by atoms with E-state index in [0.717, 1.165) is 21.5 Å². The first-order valence-corrected chi connectivity index (χ1v) is 13.7. The topological polar surface area (TPSA) is 206 Å². The van der Waals surface area contributed by atoms with Crippen LogP contribution in [0.1, 0.15) is 16.9 Å². The second kappa shape index (κ2) is 10.9. The average Bonchev–Trinajstić information content (AvgIpc) is 3.82. The van der Waals surface area contributed by atoms with E-state index in [4.69, 9.17) is 10.4 Å². The van der Waals surface area contributed by atoms with Crippen LogP contribution in [-0.2, 0) is 23.2 Å². The van der Waals surface area contributed by atoms with Crippen molar-refractivity contribution in [2.45, 2.75) is 25.2 Å². The zero-order valence-corrected chi connectivity index (χ0v) is 23.5. The molecule has 5 aromatic heterocycles. The van der Waals surface area contributed by atoms with Gasteiger partial charge in [0.25, 0.3) is 5.91 Å². The highest BCUT2D eigenvalue weighted by molar-refractivity contribution is 6.05. The lowest BCUT2D eigenvalue weighted by atomic mass is 10.0. The number of hydrogen-bond donors (Lipinski definition) is 2. The number of primary amides is 1. The predicted octanol–water partition coefficient (Wildman–Crippen LogP) is 1.50. The van der Waals surface area contributed by atoms with E-state index < -0.39 is 29.9 Å². The molecule has 3 amide bonds. The van der Waals surface area contributed by atoms with Gasteiger partial charge in [-0.15, -0.1) is 0 Å². The maximum atomic E-state index is 14.7. The molecule has 2 atom stereocenters. The SMILES string of the molecule is Cn1c(-c2nonc2NC(=O)C2CC(F)CN2C(=O)Cn2nc(C(N)=O)c3cc(-c4ccnnc4)ccc32)nc2cnccc21. The number of carbonyl (C=O) groups is 3. The number of halogens is 1. The lowest BCUT2D eigenvalue weighted by Gasteiger charge is -2.23. The number of pyridine rings is 1. The Labute approximate surface area is 252 Å². The van der Waals surface area contributed by atoms with Gasteiger partial charge in [-0.3, -0.25) is 24.0 Å². The summed E-state index contributed by atoms with van der Waals surface area (Å²) in [6.45, 7) is -0.680. The van der Waals surface area contributed by atoms with Crippen LogP contribution in [0.25, 0.3) is 44.6 Å². The third-order valence-corrected chi connectivity index (χ3v) is 7.68. The van der Waals surface area contributed by atoms with Crippen LogP contribution in [0.2, 0.25) is 0 Å². The molecule has 1 aliphatic heterocycles. The Kier molecular flexibility index (Phi) is 6.68. The standard InChI is InChI=1S/C28H23FN12O4/c1-39-20-5-6-31-11-18(20)34-27(39)24-26(38-45-37-24)35-28(44)21-9-16(29)12-40(21)22(42)13-41-19-3-2-14(15-4-7-32-33-10-15)8-17(19)23(36-41)25(30)43/h2-8,10-11,16,21H,9,12-13H2,1H3,(H2,30,43)(H,35,38,44). The van der Waals surface area contributed by atoms with Gasteiger partial charge in [-0.25, -0.2) is 14.0 Å². The van der Waals surface area contributed by atoms with Crippen LogP contribution in [0, 0.1) is 0 Å². The number of nitrogens with two attached hydrogens (primary N) is 1. The summed E-state index contributed by atoms with van der Waals surface area (Å²) in [5.41, 5.74) is 9.02. The summed E-state index contributed by atoms with van der Waals surface area (Å²) in [7, 11) is 1.76. The van der Waals surface area contributed by atoms with Crippen LogP contribution in [0.3, 0.4) is 0 Å². The number of nitrogens with zero attached hydrogens (tertiary/aromatic N) is 10. The Balaban J connectivity index is 1.14. The van der Waals surface area contributed by atoms with Gasteiger partial charge in [-0.05, 0) is 40.1 Å². The summed E-state index contributed by atoms with van der Waals surface area (Å²) in [6, 6.07) is 7.56. The van der Waals surface area contributed by atoms with Gasteiger partial charge in [0.1, 0.15) is 24.3 Å². The minimum absolute atomic E-state index is 0.0366. The summed E-state index contributed by atoms with van der Waals surface area (Å²) < 4.78 is 22.7. The highest BCUT2D eigenvalue weighted by atomic mass is 19.1. The lowest BCUT2D eigenvalue weighted by molar-refractivity contribution is -0.137. The van der Waals surface area contributed by atoms with Gasteiger partial charge in [0.05, 0.1) is 36.2 Å². The molecule has 1 aromatic carbocycles. The fourth-order valence-electron chi connectivity index (χ4n) is 5.53. The van der Waals surface area contributed by atoms with E-state index in [9.17, 15) is 18.8 Å². The second-order valence-electron chi connectivity index (χ2n) is 10.4. The number of fused-ring (bicyclic) bond motifs is 2. The first kappa shape index (κ1) is 27.7. The van der Waals surface area contributed by atoms with Gasteiger partial charge in [0, 0.05) is 30.6 Å². The number of rotatable bonds is 7. The van der Waals surface area contributed by atoms with Crippen LogP contribution >= 0.6 is 0 Å². The first-order chi connectivity index (χ1) is 21.8. The van der Waals surface area contributed by atoms with E-state index in [2.05, 4.69) is 40.9 Å². The van der Waals surface area contributed by atoms with Gasteiger partial charge in [-0.1, -0.05) is 6.07 Å². The van der Waals surface area contributed by atoms with Crippen LogP contribution in [0.15, 0.2) is 59.7 Å². The van der Waals surface area contributed by atoms with Gasteiger partial charge in [0.2, 0.25) is 17.6 Å². The molecule has 0 saturated carbocycles. The molecule has 3 N–H and O–H groups in total. The maximum absolute atomic E-state index is 14.7. The smallest absolute Gasteiger partial charge is 0.269 e. The molecule has 1 fully saturated rings. The number of aromatic nitrogens is 9. The normalized spacial score (nSPS) is 16.4. The van der Waals surface area contributed by atoms with Crippen LogP contribution in [-0.4, -0.2) is 86.2 Å². The molecule has 1 saturated heterocycles. The number of likely N-dealkylation sites (tertiary alicyclic amines) is 1. The number of nitrogens with one attached hydrogen (secondary N) is 1. The number of hydrogen-bond acceptors (Lipinski definition) is 11. The average molecular weight is 611 g/mol. The van der Waals surface area contributed by atoms with Crippen molar-refractivity contribution < 1.29 is 23.4 Å². The second-order valence-corrected chi connectivity index (χ2v) is 10.4. The van der Waals surface area contributed by atoms with E-state index in [-0.39, 0.29) is 36.7 Å². The summed E-state index contributed by atoms with van der Waals surface area (Å²) in [4.78, 5) is 48.9. The van der Waals surface area contributed by atoms with Crippen molar-refractivity contribution >= 4 is 45.5 Å². The zero-order valence-electron chi connectivity index (χ0n) is 23.5. The minimum atomic E-state index is -1.45. The Hall–Kier alpha value is -6.13. The largest absolute Gasteiger partial charge is 0.364 e. The fourth-order valence-corrected chi connectivity index (χ4v) is 5.53. The number of aryl methyl sites for hydroxylation is 1. The third-order valence-electron chi connectivity index (χ3n) is 7.68. The van der Waals surface area contributed by atoms with Crippen molar-refractivity contribution in [3.8, 4) is 22.6 Å². The zero-order chi connectivity index (χ0) is 31.2. The monoisotopic (exact) mass is 610 g/mol.